The lowest BCUT2D eigenvalue weighted by Crippen LogP contribution is -2.55. The molecule has 1 aliphatic carbocycles. The molecule has 0 bridgehead atoms. The summed E-state index contributed by atoms with van der Waals surface area (Å²) in [6, 6.07) is 0.363. The molecule has 0 radical (unpaired) electrons. The maximum Gasteiger partial charge on any atom is 0.225 e. The molecule has 2 fully saturated rings. The van der Waals surface area contributed by atoms with Crippen LogP contribution in [0.5, 0.6) is 0 Å². The second-order valence-corrected chi connectivity index (χ2v) is 4.95. The molecule has 15 heavy (non-hydrogen) atoms. The molecule has 2 atom stereocenters. The number of amides is 1. The molecule has 0 spiro atoms. The van der Waals surface area contributed by atoms with Crippen molar-refractivity contribution in [1.29, 1.82) is 0 Å². The number of nitrogens with zero attached hydrogens (tertiary/aromatic N) is 1. The van der Waals surface area contributed by atoms with Gasteiger partial charge in [0.2, 0.25) is 5.91 Å². The molecule has 1 aliphatic heterocycles. The van der Waals surface area contributed by atoms with Crippen LogP contribution in [0.4, 0.5) is 0 Å². The topological polar surface area (TPSA) is 29.5 Å². The van der Waals surface area contributed by atoms with Crippen molar-refractivity contribution >= 4 is 5.91 Å². The van der Waals surface area contributed by atoms with E-state index in [0.717, 1.165) is 26.0 Å². The Morgan fingerprint density at radius 1 is 1.33 bits per heavy atom. The van der Waals surface area contributed by atoms with E-state index in [1.54, 1.807) is 0 Å². The Balaban J connectivity index is 2.06. The van der Waals surface area contributed by atoms with Crippen molar-refractivity contribution in [2.75, 3.05) is 13.2 Å². The van der Waals surface area contributed by atoms with E-state index >= 15 is 0 Å². The van der Waals surface area contributed by atoms with Crippen LogP contribution in [-0.2, 0) is 9.53 Å². The molecule has 0 N–H and O–H groups in total. The van der Waals surface area contributed by atoms with Crippen LogP contribution >= 0.6 is 0 Å². The summed E-state index contributed by atoms with van der Waals surface area (Å²) >= 11 is 0. The molecule has 0 unspecified atom stereocenters. The van der Waals surface area contributed by atoms with E-state index in [-0.39, 0.29) is 5.92 Å². The number of morpholine rings is 1. The molecule has 1 amide bonds. The molecule has 86 valence electrons. The largest absolute Gasteiger partial charge is 0.374 e. The Morgan fingerprint density at radius 2 is 2.07 bits per heavy atom. The van der Waals surface area contributed by atoms with Crippen LogP contribution in [0.3, 0.4) is 0 Å². The van der Waals surface area contributed by atoms with Gasteiger partial charge in [-0.2, -0.15) is 0 Å². The molecule has 1 saturated carbocycles. The normalized spacial score (nSPS) is 31.5. The van der Waals surface area contributed by atoms with E-state index in [2.05, 4.69) is 4.90 Å². The number of hydrogen-bond donors (Lipinski definition) is 0. The number of hydrogen-bond acceptors (Lipinski definition) is 2. The molecular formula is C12H21NO2. The molecule has 2 aliphatic rings. The van der Waals surface area contributed by atoms with Gasteiger partial charge in [0.1, 0.15) is 0 Å². The first-order chi connectivity index (χ1) is 7.20. The molecule has 3 heteroatoms. The van der Waals surface area contributed by atoms with E-state index in [1.807, 2.05) is 13.8 Å². The zero-order valence-electron chi connectivity index (χ0n) is 9.74. The first kappa shape index (κ1) is 10.9. The van der Waals surface area contributed by atoms with Crippen molar-refractivity contribution in [2.24, 2.45) is 5.92 Å². The van der Waals surface area contributed by atoms with Gasteiger partial charge in [0.05, 0.1) is 18.8 Å². The number of fused-ring (bicyclic) bond motifs is 1. The minimum absolute atomic E-state index is 0.116. The zero-order valence-corrected chi connectivity index (χ0v) is 9.74. The fourth-order valence-electron chi connectivity index (χ4n) is 2.70. The molecule has 1 saturated heterocycles. The maximum absolute atomic E-state index is 12.0. The van der Waals surface area contributed by atoms with Crippen LogP contribution in [-0.4, -0.2) is 36.1 Å². The van der Waals surface area contributed by atoms with Crippen molar-refractivity contribution in [3.63, 3.8) is 0 Å². The second kappa shape index (κ2) is 4.52. The monoisotopic (exact) mass is 211 g/mol. The summed E-state index contributed by atoms with van der Waals surface area (Å²) < 4.78 is 5.75. The van der Waals surface area contributed by atoms with Crippen LogP contribution < -0.4 is 0 Å². The van der Waals surface area contributed by atoms with Gasteiger partial charge in [0.25, 0.3) is 0 Å². The Labute approximate surface area is 91.8 Å². The highest BCUT2D eigenvalue weighted by Gasteiger charge is 2.36. The lowest BCUT2D eigenvalue weighted by atomic mass is 9.89. The highest BCUT2D eigenvalue weighted by molar-refractivity contribution is 5.78. The maximum atomic E-state index is 12.0. The number of carbonyl (C=O) groups is 1. The quantitative estimate of drug-likeness (QED) is 0.662. The number of carbonyl (C=O) groups excluding carboxylic acids is 1. The van der Waals surface area contributed by atoms with E-state index in [1.165, 1.54) is 12.8 Å². The third kappa shape index (κ3) is 2.17. The van der Waals surface area contributed by atoms with Gasteiger partial charge in [-0.3, -0.25) is 4.79 Å². The van der Waals surface area contributed by atoms with Crippen molar-refractivity contribution < 1.29 is 9.53 Å². The predicted octanol–water partition coefficient (Wildman–Crippen LogP) is 1.81. The van der Waals surface area contributed by atoms with Gasteiger partial charge in [0.15, 0.2) is 0 Å². The van der Waals surface area contributed by atoms with Crippen LogP contribution in [0.15, 0.2) is 0 Å². The van der Waals surface area contributed by atoms with E-state index in [9.17, 15) is 4.79 Å². The Bertz CT molecular complexity index is 238. The van der Waals surface area contributed by atoms with Gasteiger partial charge in [-0.15, -0.1) is 0 Å². The summed E-state index contributed by atoms with van der Waals surface area (Å²) in [6.45, 7) is 5.48. The van der Waals surface area contributed by atoms with Gasteiger partial charge >= 0.3 is 0 Å². The molecule has 0 aromatic carbocycles. The molecule has 3 nitrogen and oxygen atoms in total. The van der Waals surface area contributed by atoms with E-state index in [0.29, 0.717) is 18.1 Å². The van der Waals surface area contributed by atoms with Crippen molar-refractivity contribution in [3.05, 3.63) is 0 Å². The standard InChI is InChI=1S/C12H21NO2/c1-9(2)12(14)13-7-8-15-11-6-4-3-5-10(11)13/h9-11H,3-8H2,1-2H3/t10-,11+/m0/s1. The molecule has 2 rings (SSSR count). The van der Waals surface area contributed by atoms with E-state index < -0.39 is 0 Å². The van der Waals surface area contributed by atoms with Crippen molar-refractivity contribution in [1.82, 2.24) is 4.90 Å². The smallest absolute Gasteiger partial charge is 0.225 e. The van der Waals surface area contributed by atoms with Crippen LogP contribution in [0.25, 0.3) is 0 Å². The van der Waals surface area contributed by atoms with Gasteiger partial charge in [-0.05, 0) is 12.8 Å². The lowest BCUT2D eigenvalue weighted by molar-refractivity contribution is -0.152. The summed E-state index contributed by atoms with van der Waals surface area (Å²) in [5, 5.41) is 0. The minimum Gasteiger partial charge on any atom is -0.374 e. The average molecular weight is 211 g/mol. The molecule has 1 heterocycles. The summed E-state index contributed by atoms with van der Waals surface area (Å²) in [5.41, 5.74) is 0. The fourth-order valence-corrected chi connectivity index (χ4v) is 2.70. The highest BCUT2D eigenvalue weighted by atomic mass is 16.5. The predicted molar refractivity (Wildman–Crippen MR) is 58.5 cm³/mol. The Kier molecular flexibility index (Phi) is 3.29. The fraction of sp³-hybridized carbons (Fsp3) is 0.917. The van der Waals surface area contributed by atoms with Crippen molar-refractivity contribution in [3.8, 4) is 0 Å². The average Bonchev–Trinajstić information content (AvgIpc) is 2.27. The number of rotatable bonds is 1. The van der Waals surface area contributed by atoms with Crippen LogP contribution in [0, 0.1) is 5.92 Å². The van der Waals surface area contributed by atoms with Crippen LogP contribution in [0.2, 0.25) is 0 Å². The summed E-state index contributed by atoms with van der Waals surface area (Å²) in [7, 11) is 0. The summed E-state index contributed by atoms with van der Waals surface area (Å²) in [4.78, 5) is 14.1. The summed E-state index contributed by atoms with van der Waals surface area (Å²) in [5.74, 6) is 0.417. The SMILES string of the molecule is CC(C)C(=O)N1CCO[C@@H]2CCCC[C@@H]21. The Hall–Kier alpha value is -0.570. The minimum atomic E-state index is 0.116. The van der Waals surface area contributed by atoms with E-state index in [4.69, 9.17) is 4.74 Å². The van der Waals surface area contributed by atoms with Gasteiger partial charge in [-0.25, -0.2) is 0 Å². The molecule has 0 aromatic heterocycles. The first-order valence-electron chi connectivity index (χ1n) is 6.12. The lowest BCUT2D eigenvalue weighted by Gasteiger charge is -2.44. The van der Waals surface area contributed by atoms with Gasteiger partial charge < -0.3 is 9.64 Å². The highest BCUT2D eigenvalue weighted by Crippen LogP contribution is 2.29. The first-order valence-corrected chi connectivity index (χ1v) is 6.12. The zero-order chi connectivity index (χ0) is 10.8. The third-order valence-corrected chi connectivity index (χ3v) is 3.51. The van der Waals surface area contributed by atoms with Gasteiger partial charge in [0, 0.05) is 12.5 Å². The Morgan fingerprint density at radius 3 is 2.80 bits per heavy atom. The van der Waals surface area contributed by atoms with Crippen molar-refractivity contribution in [2.45, 2.75) is 51.7 Å². The van der Waals surface area contributed by atoms with Crippen LogP contribution in [0.1, 0.15) is 39.5 Å². The van der Waals surface area contributed by atoms with Gasteiger partial charge in [-0.1, -0.05) is 26.7 Å². The molecular weight excluding hydrogens is 190 g/mol. The summed E-state index contributed by atoms with van der Waals surface area (Å²) in [6.07, 6.45) is 5.07. The third-order valence-electron chi connectivity index (χ3n) is 3.51. The number of ether oxygens (including phenoxy) is 1. The second-order valence-electron chi connectivity index (χ2n) is 4.95. The molecule has 0 aromatic rings.